The summed E-state index contributed by atoms with van der Waals surface area (Å²) in [6.45, 7) is 5.15. The van der Waals surface area contributed by atoms with Crippen molar-refractivity contribution in [2.24, 2.45) is 23.0 Å². The van der Waals surface area contributed by atoms with Crippen molar-refractivity contribution in [3.63, 3.8) is 0 Å². The zero-order chi connectivity index (χ0) is 14.9. The number of aliphatic hydroxyl groups excluding tert-OH is 1. The third-order valence-corrected chi connectivity index (χ3v) is 8.20. The molecule has 1 aromatic rings. The molecule has 1 aromatic heterocycles. The zero-order valence-corrected chi connectivity index (χ0v) is 16.0. The predicted molar refractivity (Wildman–Crippen MR) is 93.0 cm³/mol. The van der Waals surface area contributed by atoms with Crippen LogP contribution in [0, 0.1) is 17.3 Å². The summed E-state index contributed by atoms with van der Waals surface area (Å²) in [7, 11) is 0. The molecule has 1 unspecified atom stereocenters. The highest BCUT2D eigenvalue weighted by Gasteiger charge is 2.42. The summed E-state index contributed by atoms with van der Waals surface area (Å²) >= 11 is 8.60. The van der Waals surface area contributed by atoms with E-state index in [9.17, 15) is 5.11 Å². The number of aliphatic hydroxyl groups is 1. The van der Waals surface area contributed by atoms with Crippen LogP contribution < -0.4 is 5.73 Å². The van der Waals surface area contributed by atoms with Crippen molar-refractivity contribution in [2.45, 2.75) is 45.6 Å². The summed E-state index contributed by atoms with van der Waals surface area (Å²) < 4.78 is 2.05. The minimum atomic E-state index is -0.451. The van der Waals surface area contributed by atoms with Gasteiger partial charge in [-0.2, -0.15) is 0 Å². The summed E-state index contributed by atoms with van der Waals surface area (Å²) in [4.78, 5) is 1.01. The van der Waals surface area contributed by atoms with Crippen molar-refractivity contribution in [3.8, 4) is 0 Å². The van der Waals surface area contributed by atoms with E-state index in [2.05, 4.69) is 45.7 Å². The van der Waals surface area contributed by atoms with Gasteiger partial charge in [-0.25, -0.2) is 0 Å². The SMILES string of the molecule is CC(C)C1CCC(CN)(C(O)c2cc(Br)c(Br)s2)CC1. The molecule has 0 saturated heterocycles. The molecule has 3 N–H and O–H groups in total. The Balaban J connectivity index is 2.15. The molecule has 1 atom stereocenters. The van der Waals surface area contributed by atoms with Crippen molar-refractivity contribution in [2.75, 3.05) is 6.54 Å². The maximum atomic E-state index is 10.8. The van der Waals surface area contributed by atoms with Gasteiger partial charge in [0.1, 0.15) is 0 Å². The Bertz CT molecular complexity index is 433. The number of nitrogens with two attached hydrogens (primary N) is 1. The highest BCUT2D eigenvalue weighted by molar-refractivity contribution is 9.13. The average molecular weight is 425 g/mol. The second-order valence-electron chi connectivity index (χ2n) is 6.32. The standard InChI is InChI=1S/C15H23Br2NOS/c1-9(2)10-3-5-15(8-18,6-4-10)13(19)12-7-11(16)14(17)20-12/h7,9-10,13,19H,3-6,8,18H2,1-2H3. The molecular weight excluding hydrogens is 402 g/mol. The Morgan fingerprint density at radius 3 is 2.40 bits per heavy atom. The summed E-state index contributed by atoms with van der Waals surface area (Å²) in [5.41, 5.74) is 5.92. The fraction of sp³-hybridized carbons (Fsp3) is 0.733. The minimum Gasteiger partial charge on any atom is -0.387 e. The van der Waals surface area contributed by atoms with Gasteiger partial charge < -0.3 is 10.8 Å². The van der Waals surface area contributed by atoms with E-state index in [0.717, 1.165) is 37.8 Å². The third-order valence-electron chi connectivity index (χ3n) is 4.89. The average Bonchev–Trinajstić information content (AvgIpc) is 2.77. The lowest BCUT2D eigenvalue weighted by Crippen LogP contribution is -2.40. The van der Waals surface area contributed by atoms with Gasteiger partial charge in [-0.3, -0.25) is 0 Å². The van der Waals surface area contributed by atoms with E-state index < -0.39 is 6.10 Å². The first-order chi connectivity index (χ1) is 9.39. The van der Waals surface area contributed by atoms with E-state index in [1.165, 1.54) is 12.8 Å². The zero-order valence-electron chi connectivity index (χ0n) is 12.0. The number of thiophene rings is 1. The fourth-order valence-electron chi connectivity index (χ4n) is 3.27. The number of hydrogen-bond acceptors (Lipinski definition) is 3. The van der Waals surface area contributed by atoms with Crippen molar-refractivity contribution in [3.05, 3.63) is 19.2 Å². The molecule has 0 amide bonds. The molecule has 0 bridgehead atoms. The summed E-state index contributed by atoms with van der Waals surface area (Å²) in [5.74, 6) is 1.51. The topological polar surface area (TPSA) is 46.2 Å². The van der Waals surface area contributed by atoms with Gasteiger partial charge in [0.25, 0.3) is 0 Å². The van der Waals surface area contributed by atoms with Gasteiger partial charge in [0, 0.05) is 21.3 Å². The van der Waals surface area contributed by atoms with Crippen molar-refractivity contribution >= 4 is 43.2 Å². The van der Waals surface area contributed by atoms with Crippen molar-refractivity contribution < 1.29 is 5.11 Å². The Kier molecular flexibility index (Phi) is 5.74. The fourth-order valence-corrected chi connectivity index (χ4v) is 5.49. The molecule has 0 spiro atoms. The molecule has 20 heavy (non-hydrogen) atoms. The first-order valence-electron chi connectivity index (χ1n) is 7.22. The predicted octanol–water partition coefficient (Wildman–Crippen LogP) is 5.10. The molecule has 1 heterocycles. The van der Waals surface area contributed by atoms with Crippen LogP contribution in [0.4, 0.5) is 0 Å². The Morgan fingerprint density at radius 1 is 1.40 bits per heavy atom. The molecule has 1 saturated carbocycles. The van der Waals surface area contributed by atoms with Gasteiger partial charge in [-0.05, 0) is 75.4 Å². The molecule has 0 radical (unpaired) electrons. The monoisotopic (exact) mass is 423 g/mol. The van der Waals surface area contributed by atoms with Gasteiger partial charge in [-0.1, -0.05) is 13.8 Å². The quantitative estimate of drug-likeness (QED) is 0.706. The normalized spacial score (nSPS) is 28.9. The highest BCUT2D eigenvalue weighted by Crippen LogP contribution is 2.50. The van der Waals surface area contributed by atoms with Crippen LogP contribution >= 0.6 is 43.2 Å². The lowest BCUT2D eigenvalue weighted by Gasteiger charge is -2.43. The van der Waals surface area contributed by atoms with E-state index in [4.69, 9.17) is 5.73 Å². The number of hydrogen-bond donors (Lipinski definition) is 2. The third kappa shape index (κ3) is 3.32. The van der Waals surface area contributed by atoms with Gasteiger partial charge in [-0.15, -0.1) is 11.3 Å². The van der Waals surface area contributed by atoms with Crippen LogP contribution in [-0.2, 0) is 0 Å². The lowest BCUT2D eigenvalue weighted by atomic mass is 9.65. The number of rotatable bonds is 4. The Morgan fingerprint density at radius 2 is 2.00 bits per heavy atom. The molecule has 2 nitrogen and oxygen atoms in total. The van der Waals surface area contributed by atoms with Crippen LogP contribution in [0.2, 0.25) is 0 Å². The second-order valence-corrected chi connectivity index (χ2v) is 9.58. The first kappa shape index (κ1) is 16.9. The van der Waals surface area contributed by atoms with Crippen molar-refractivity contribution in [1.82, 2.24) is 0 Å². The smallest absolute Gasteiger partial charge is 0.0950 e. The van der Waals surface area contributed by atoms with Crippen LogP contribution in [0.3, 0.4) is 0 Å². The van der Waals surface area contributed by atoms with Crippen LogP contribution in [0.25, 0.3) is 0 Å². The minimum absolute atomic E-state index is 0.144. The van der Waals surface area contributed by atoms with Crippen LogP contribution in [0.15, 0.2) is 14.3 Å². The van der Waals surface area contributed by atoms with Crippen LogP contribution in [-0.4, -0.2) is 11.7 Å². The maximum Gasteiger partial charge on any atom is 0.0950 e. The second kappa shape index (κ2) is 6.78. The van der Waals surface area contributed by atoms with Crippen molar-refractivity contribution in [1.29, 1.82) is 0 Å². The molecule has 114 valence electrons. The largest absolute Gasteiger partial charge is 0.387 e. The maximum absolute atomic E-state index is 10.8. The molecule has 1 fully saturated rings. The number of halogens is 2. The van der Waals surface area contributed by atoms with E-state index in [0.29, 0.717) is 6.54 Å². The first-order valence-corrected chi connectivity index (χ1v) is 9.63. The molecule has 2 rings (SSSR count). The lowest BCUT2D eigenvalue weighted by molar-refractivity contribution is -0.0127. The Hall–Kier alpha value is 0.580. The van der Waals surface area contributed by atoms with Gasteiger partial charge in [0.05, 0.1) is 9.89 Å². The van der Waals surface area contributed by atoms with E-state index in [1.807, 2.05) is 6.07 Å². The summed E-state index contributed by atoms with van der Waals surface area (Å²) in [6, 6.07) is 2.02. The van der Waals surface area contributed by atoms with E-state index in [-0.39, 0.29) is 5.41 Å². The van der Waals surface area contributed by atoms with E-state index in [1.54, 1.807) is 11.3 Å². The molecule has 1 aliphatic rings. The Labute approximate surface area is 142 Å². The molecular formula is C15H23Br2NOS. The molecule has 1 aliphatic carbocycles. The van der Waals surface area contributed by atoms with Crippen LogP contribution in [0.1, 0.15) is 50.5 Å². The van der Waals surface area contributed by atoms with E-state index >= 15 is 0 Å². The van der Waals surface area contributed by atoms with Gasteiger partial charge in [0.15, 0.2) is 0 Å². The summed E-state index contributed by atoms with van der Waals surface area (Å²) in [6.07, 6.45) is 3.97. The molecule has 0 aliphatic heterocycles. The summed E-state index contributed by atoms with van der Waals surface area (Å²) in [5, 5.41) is 10.8. The van der Waals surface area contributed by atoms with Gasteiger partial charge in [0.2, 0.25) is 0 Å². The van der Waals surface area contributed by atoms with Gasteiger partial charge >= 0.3 is 0 Å². The highest BCUT2D eigenvalue weighted by atomic mass is 79.9. The van der Waals surface area contributed by atoms with Crippen LogP contribution in [0.5, 0.6) is 0 Å². The molecule has 5 heteroatoms. The molecule has 0 aromatic carbocycles.